The molecule has 1 heterocycles. The molecule has 2 aromatic carbocycles. The summed E-state index contributed by atoms with van der Waals surface area (Å²) in [5.41, 5.74) is 1.92. The van der Waals surface area contributed by atoms with Gasteiger partial charge in [0.05, 0.1) is 32.9 Å². The molecule has 1 atom stereocenters. The number of hydrogen-bond acceptors (Lipinski definition) is 5. The van der Waals surface area contributed by atoms with Crippen LogP contribution < -0.4 is 15.4 Å². The van der Waals surface area contributed by atoms with E-state index < -0.39 is 0 Å². The summed E-state index contributed by atoms with van der Waals surface area (Å²) in [5.74, 6) is 0.968. The molecule has 9 heteroatoms. The van der Waals surface area contributed by atoms with E-state index in [1.165, 1.54) is 19.2 Å². The molecule has 1 unspecified atom stereocenters. The summed E-state index contributed by atoms with van der Waals surface area (Å²) < 4.78 is 24.0. The van der Waals surface area contributed by atoms with E-state index >= 15 is 0 Å². The van der Waals surface area contributed by atoms with Crippen LogP contribution in [0.4, 0.5) is 4.39 Å². The topological polar surface area (TPSA) is 78.4 Å². The molecule has 0 aromatic heterocycles. The normalized spacial score (nSPS) is 15.5. The number of hydrogen-bond donors (Lipinski definition) is 3. The number of halogens is 2. The first-order valence-electron chi connectivity index (χ1n) is 10.6. The highest BCUT2D eigenvalue weighted by molar-refractivity contribution is 14.0. The zero-order valence-electron chi connectivity index (χ0n) is 18.5. The minimum absolute atomic E-state index is 0. The molecule has 3 rings (SSSR count). The number of rotatable bonds is 8. The molecule has 0 aliphatic carbocycles. The summed E-state index contributed by atoms with van der Waals surface area (Å²) in [7, 11) is 1.52. The van der Waals surface area contributed by atoms with Gasteiger partial charge in [0.1, 0.15) is 5.82 Å². The monoisotopic (exact) mass is 558 g/mol. The first-order valence-corrected chi connectivity index (χ1v) is 10.6. The van der Waals surface area contributed by atoms with Crippen LogP contribution in [0.5, 0.6) is 11.5 Å². The standard InChI is InChI=1S/C23H31FN4O3.HI/c1-3-25-23(26-15-17-4-9-22(30-2)21(29)14-17)27-16-20(28-10-12-31-13-11-28)18-5-7-19(24)8-6-18;/h4-9,14,20,29H,3,10-13,15-16H2,1-2H3,(H2,25,26,27);1H. The van der Waals surface area contributed by atoms with Gasteiger partial charge < -0.3 is 25.2 Å². The molecule has 3 N–H and O–H groups in total. The molecular weight excluding hydrogens is 526 g/mol. The highest BCUT2D eigenvalue weighted by Crippen LogP contribution is 2.26. The molecule has 32 heavy (non-hydrogen) atoms. The molecule has 7 nitrogen and oxygen atoms in total. The second-order valence-electron chi connectivity index (χ2n) is 7.30. The largest absolute Gasteiger partial charge is 0.504 e. The van der Waals surface area contributed by atoms with Gasteiger partial charge in [0.25, 0.3) is 0 Å². The number of benzene rings is 2. The third-order valence-electron chi connectivity index (χ3n) is 5.21. The van der Waals surface area contributed by atoms with Gasteiger partial charge in [-0.05, 0) is 42.3 Å². The summed E-state index contributed by atoms with van der Waals surface area (Å²) in [4.78, 5) is 6.99. The van der Waals surface area contributed by atoms with Gasteiger partial charge >= 0.3 is 0 Å². The van der Waals surface area contributed by atoms with E-state index in [1.807, 2.05) is 25.1 Å². The van der Waals surface area contributed by atoms with Crippen molar-refractivity contribution in [3.05, 3.63) is 59.4 Å². The molecule has 0 saturated carbocycles. The number of phenolic OH excluding ortho intramolecular Hbond substituents is 1. The lowest BCUT2D eigenvalue weighted by atomic mass is 10.0. The molecule has 0 radical (unpaired) electrons. The van der Waals surface area contributed by atoms with E-state index in [4.69, 9.17) is 9.47 Å². The average Bonchev–Trinajstić information content (AvgIpc) is 2.79. The summed E-state index contributed by atoms with van der Waals surface area (Å²) in [6.07, 6.45) is 0. The van der Waals surface area contributed by atoms with Gasteiger partial charge in [0.15, 0.2) is 17.5 Å². The van der Waals surface area contributed by atoms with Crippen molar-refractivity contribution in [2.75, 3.05) is 46.5 Å². The van der Waals surface area contributed by atoms with Crippen molar-refractivity contribution < 1.29 is 19.0 Å². The predicted molar refractivity (Wildman–Crippen MR) is 134 cm³/mol. The number of aromatic hydroxyl groups is 1. The molecule has 1 aliphatic heterocycles. The Morgan fingerprint density at radius 2 is 1.91 bits per heavy atom. The Morgan fingerprint density at radius 1 is 1.19 bits per heavy atom. The molecule has 0 bridgehead atoms. The van der Waals surface area contributed by atoms with E-state index in [1.54, 1.807) is 12.1 Å². The number of phenols is 1. The maximum absolute atomic E-state index is 13.4. The van der Waals surface area contributed by atoms with E-state index in [0.29, 0.717) is 38.0 Å². The SMILES string of the molecule is CCNC(=NCc1ccc(OC)c(O)c1)NCC(c1ccc(F)cc1)N1CCOCC1.I. The first-order chi connectivity index (χ1) is 15.1. The van der Waals surface area contributed by atoms with Crippen molar-refractivity contribution in [1.29, 1.82) is 0 Å². The van der Waals surface area contributed by atoms with Gasteiger partial charge in [-0.15, -0.1) is 24.0 Å². The number of ether oxygens (including phenoxy) is 2. The summed E-state index contributed by atoms with van der Waals surface area (Å²) in [6.45, 7) is 6.77. The highest BCUT2D eigenvalue weighted by Gasteiger charge is 2.23. The van der Waals surface area contributed by atoms with Crippen molar-refractivity contribution >= 4 is 29.9 Å². The lowest BCUT2D eigenvalue weighted by Gasteiger charge is -2.35. The maximum Gasteiger partial charge on any atom is 0.191 e. The minimum Gasteiger partial charge on any atom is -0.504 e. The van der Waals surface area contributed by atoms with Gasteiger partial charge in [0, 0.05) is 26.2 Å². The van der Waals surface area contributed by atoms with Gasteiger partial charge in [-0.3, -0.25) is 4.90 Å². The van der Waals surface area contributed by atoms with Crippen LogP contribution in [0.1, 0.15) is 24.1 Å². The van der Waals surface area contributed by atoms with Crippen molar-refractivity contribution in [1.82, 2.24) is 15.5 Å². The van der Waals surface area contributed by atoms with Gasteiger partial charge in [-0.2, -0.15) is 0 Å². The van der Waals surface area contributed by atoms with Crippen molar-refractivity contribution in [2.24, 2.45) is 4.99 Å². The number of nitrogens with one attached hydrogen (secondary N) is 2. The molecule has 2 aromatic rings. The Bertz CT molecular complexity index is 861. The van der Waals surface area contributed by atoms with E-state index in [9.17, 15) is 9.50 Å². The Morgan fingerprint density at radius 3 is 2.53 bits per heavy atom. The average molecular weight is 558 g/mol. The van der Waals surface area contributed by atoms with Crippen LogP contribution in [0.2, 0.25) is 0 Å². The fourth-order valence-electron chi connectivity index (χ4n) is 3.57. The van der Waals surface area contributed by atoms with E-state index in [2.05, 4.69) is 20.5 Å². The molecule has 0 amide bonds. The fraction of sp³-hybridized carbons (Fsp3) is 0.435. The van der Waals surface area contributed by atoms with Crippen LogP contribution in [0.25, 0.3) is 0 Å². The van der Waals surface area contributed by atoms with E-state index in [-0.39, 0.29) is 41.6 Å². The molecule has 1 aliphatic rings. The third-order valence-corrected chi connectivity index (χ3v) is 5.21. The lowest BCUT2D eigenvalue weighted by Crippen LogP contribution is -2.46. The highest BCUT2D eigenvalue weighted by atomic mass is 127. The molecular formula is C23H32FIN4O3. The van der Waals surface area contributed by atoms with E-state index in [0.717, 1.165) is 30.8 Å². The van der Waals surface area contributed by atoms with Crippen molar-refractivity contribution in [3.63, 3.8) is 0 Å². The number of methoxy groups -OCH3 is 1. The molecule has 0 spiro atoms. The van der Waals surface area contributed by atoms with Crippen LogP contribution >= 0.6 is 24.0 Å². The second kappa shape index (κ2) is 13.4. The fourth-order valence-corrected chi connectivity index (χ4v) is 3.57. The van der Waals surface area contributed by atoms with Crippen LogP contribution in [-0.4, -0.2) is 62.5 Å². The van der Waals surface area contributed by atoms with Crippen LogP contribution in [0, 0.1) is 5.82 Å². The smallest absolute Gasteiger partial charge is 0.191 e. The number of guanidine groups is 1. The molecule has 1 fully saturated rings. The zero-order chi connectivity index (χ0) is 22.1. The van der Waals surface area contributed by atoms with Gasteiger partial charge in [-0.1, -0.05) is 18.2 Å². The minimum atomic E-state index is -0.241. The second-order valence-corrected chi connectivity index (χ2v) is 7.30. The van der Waals surface area contributed by atoms with Crippen LogP contribution in [0.3, 0.4) is 0 Å². The molecule has 176 valence electrons. The number of nitrogens with zero attached hydrogens (tertiary/aromatic N) is 2. The Hall–Kier alpha value is -2.11. The Balaban J connectivity index is 0.00000363. The lowest BCUT2D eigenvalue weighted by molar-refractivity contribution is 0.0170. The van der Waals surface area contributed by atoms with Crippen molar-refractivity contribution in [3.8, 4) is 11.5 Å². The number of morpholine rings is 1. The van der Waals surface area contributed by atoms with Crippen LogP contribution in [0.15, 0.2) is 47.5 Å². The first kappa shape index (κ1) is 26.1. The maximum atomic E-state index is 13.4. The molecule has 1 saturated heterocycles. The summed E-state index contributed by atoms with van der Waals surface area (Å²) >= 11 is 0. The summed E-state index contributed by atoms with van der Waals surface area (Å²) in [6, 6.07) is 12.0. The summed E-state index contributed by atoms with van der Waals surface area (Å²) in [5, 5.41) is 16.7. The van der Waals surface area contributed by atoms with Gasteiger partial charge in [0.2, 0.25) is 0 Å². The quantitative estimate of drug-likeness (QED) is 0.262. The predicted octanol–water partition coefficient (Wildman–Crippen LogP) is 3.29. The van der Waals surface area contributed by atoms with Gasteiger partial charge in [-0.25, -0.2) is 9.38 Å². The Labute approximate surface area is 206 Å². The number of aliphatic imine (C=N–C) groups is 1. The Kier molecular flexibility index (Phi) is 11.0. The van der Waals surface area contributed by atoms with Crippen molar-refractivity contribution in [2.45, 2.75) is 19.5 Å². The van der Waals surface area contributed by atoms with Crippen LogP contribution in [-0.2, 0) is 11.3 Å². The third kappa shape index (κ3) is 7.49. The zero-order valence-corrected chi connectivity index (χ0v) is 20.8.